The van der Waals surface area contributed by atoms with Crippen LogP contribution in [0.15, 0.2) is 18.2 Å². The maximum atomic E-state index is 9.54. The number of benzene rings is 1. The molecule has 1 aromatic rings. The third kappa shape index (κ3) is 4.30. The van der Waals surface area contributed by atoms with Gasteiger partial charge in [0.15, 0.2) is 0 Å². The summed E-state index contributed by atoms with van der Waals surface area (Å²) < 4.78 is 0. The zero-order valence-electron chi connectivity index (χ0n) is 9.34. The lowest BCUT2D eigenvalue weighted by Gasteiger charge is -2.12. The summed E-state index contributed by atoms with van der Waals surface area (Å²) in [5.41, 5.74) is 0.884. The normalized spacial score (nSPS) is 12.8. The number of rotatable bonds is 6. The van der Waals surface area contributed by atoms with E-state index in [1.165, 1.54) is 0 Å². The van der Waals surface area contributed by atoms with Crippen LogP contribution < -0.4 is 5.32 Å². The predicted molar refractivity (Wildman–Crippen MR) is 69.1 cm³/mol. The summed E-state index contributed by atoms with van der Waals surface area (Å²) in [4.78, 5) is 0. The summed E-state index contributed by atoms with van der Waals surface area (Å²) >= 11 is 12.0. The number of aliphatic hydroxyl groups excluding tert-OH is 1. The third-order valence-electron chi connectivity index (χ3n) is 2.37. The molecule has 16 heavy (non-hydrogen) atoms. The minimum absolute atomic E-state index is 0.300. The van der Waals surface area contributed by atoms with Gasteiger partial charge in [-0.2, -0.15) is 0 Å². The van der Waals surface area contributed by atoms with E-state index in [1.54, 1.807) is 0 Å². The minimum Gasteiger partial charge on any atom is -0.392 e. The molecule has 1 atom stereocenters. The van der Waals surface area contributed by atoms with Crippen molar-refractivity contribution in [2.24, 2.45) is 0 Å². The molecule has 0 heterocycles. The second-order valence-electron chi connectivity index (χ2n) is 3.77. The molecule has 2 N–H and O–H groups in total. The van der Waals surface area contributed by atoms with E-state index in [1.807, 2.05) is 25.1 Å². The SMILES string of the molecule is CCCC(O)CNCc1c(Cl)cccc1Cl. The van der Waals surface area contributed by atoms with Crippen LogP contribution >= 0.6 is 23.2 Å². The molecule has 90 valence electrons. The van der Waals surface area contributed by atoms with Gasteiger partial charge < -0.3 is 10.4 Å². The van der Waals surface area contributed by atoms with Gasteiger partial charge >= 0.3 is 0 Å². The van der Waals surface area contributed by atoms with Crippen LogP contribution in [-0.4, -0.2) is 17.8 Å². The van der Waals surface area contributed by atoms with E-state index >= 15 is 0 Å². The summed E-state index contributed by atoms with van der Waals surface area (Å²) in [6, 6.07) is 5.44. The number of hydrogen-bond donors (Lipinski definition) is 2. The van der Waals surface area contributed by atoms with Crippen LogP contribution in [0.4, 0.5) is 0 Å². The molecule has 0 aliphatic carbocycles. The van der Waals surface area contributed by atoms with E-state index in [0.717, 1.165) is 18.4 Å². The minimum atomic E-state index is -0.300. The van der Waals surface area contributed by atoms with Gasteiger partial charge in [-0.3, -0.25) is 0 Å². The van der Waals surface area contributed by atoms with Gasteiger partial charge in [-0.05, 0) is 18.6 Å². The van der Waals surface area contributed by atoms with Gasteiger partial charge in [0.05, 0.1) is 6.10 Å². The quantitative estimate of drug-likeness (QED) is 0.824. The summed E-state index contributed by atoms with van der Waals surface area (Å²) in [7, 11) is 0. The van der Waals surface area contributed by atoms with Crippen LogP contribution in [0.5, 0.6) is 0 Å². The van der Waals surface area contributed by atoms with Crippen LogP contribution in [0, 0.1) is 0 Å². The Kier molecular flexibility index (Phi) is 6.14. The predicted octanol–water partition coefficient (Wildman–Crippen LogP) is 3.24. The summed E-state index contributed by atoms with van der Waals surface area (Å²) in [6.07, 6.45) is 1.49. The monoisotopic (exact) mass is 261 g/mol. The molecule has 0 aromatic heterocycles. The number of halogens is 2. The van der Waals surface area contributed by atoms with E-state index in [9.17, 15) is 5.11 Å². The van der Waals surface area contributed by atoms with Crippen LogP contribution in [0.25, 0.3) is 0 Å². The highest BCUT2D eigenvalue weighted by atomic mass is 35.5. The first-order chi connectivity index (χ1) is 7.65. The lowest BCUT2D eigenvalue weighted by molar-refractivity contribution is 0.160. The molecule has 0 bridgehead atoms. The number of hydrogen-bond acceptors (Lipinski definition) is 2. The van der Waals surface area contributed by atoms with Crippen molar-refractivity contribution in [3.63, 3.8) is 0 Å². The molecular formula is C12H17Cl2NO. The Balaban J connectivity index is 2.43. The molecule has 2 nitrogen and oxygen atoms in total. The Bertz CT molecular complexity index is 311. The molecule has 1 aromatic carbocycles. The molecular weight excluding hydrogens is 245 g/mol. The fourth-order valence-electron chi connectivity index (χ4n) is 1.50. The summed E-state index contributed by atoms with van der Waals surface area (Å²) in [5, 5.41) is 14.0. The standard InChI is InChI=1S/C12H17Cl2NO/c1-2-4-9(16)7-15-8-10-11(13)5-3-6-12(10)14/h3,5-6,9,15-16H,2,4,7-8H2,1H3. The van der Waals surface area contributed by atoms with Gasteiger partial charge in [0.25, 0.3) is 0 Å². The van der Waals surface area contributed by atoms with E-state index < -0.39 is 0 Å². The Morgan fingerprint density at radius 1 is 1.31 bits per heavy atom. The van der Waals surface area contributed by atoms with E-state index in [0.29, 0.717) is 23.1 Å². The van der Waals surface area contributed by atoms with Crippen molar-refractivity contribution in [1.82, 2.24) is 5.32 Å². The van der Waals surface area contributed by atoms with Crippen LogP contribution in [0.1, 0.15) is 25.3 Å². The topological polar surface area (TPSA) is 32.3 Å². The molecule has 4 heteroatoms. The van der Waals surface area contributed by atoms with Crippen molar-refractivity contribution < 1.29 is 5.11 Å². The van der Waals surface area contributed by atoms with E-state index in [4.69, 9.17) is 23.2 Å². The number of aliphatic hydroxyl groups is 1. The fourth-order valence-corrected chi connectivity index (χ4v) is 2.03. The summed E-state index contributed by atoms with van der Waals surface area (Å²) in [6.45, 7) is 3.20. The highest BCUT2D eigenvalue weighted by molar-refractivity contribution is 6.35. The molecule has 0 amide bonds. The molecule has 0 spiro atoms. The van der Waals surface area contributed by atoms with Crippen molar-refractivity contribution in [3.8, 4) is 0 Å². The zero-order chi connectivity index (χ0) is 12.0. The second kappa shape index (κ2) is 7.13. The molecule has 0 saturated heterocycles. The van der Waals surface area contributed by atoms with Gasteiger partial charge in [-0.15, -0.1) is 0 Å². The Labute approximate surface area is 107 Å². The first kappa shape index (κ1) is 13.8. The van der Waals surface area contributed by atoms with Gasteiger partial charge in [-0.25, -0.2) is 0 Å². The average Bonchev–Trinajstić information content (AvgIpc) is 2.23. The van der Waals surface area contributed by atoms with Gasteiger partial charge in [0, 0.05) is 28.7 Å². The first-order valence-electron chi connectivity index (χ1n) is 5.46. The van der Waals surface area contributed by atoms with Gasteiger partial charge in [0.1, 0.15) is 0 Å². The van der Waals surface area contributed by atoms with E-state index in [2.05, 4.69) is 5.32 Å². The van der Waals surface area contributed by atoms with E-state index in [-0.39, 0.29) is 6.10 Å². The van der Waals surface area contributed by atoms with Crippen LogP contribution in [-0.2, 0) is 6.54 Å². The van der Waals surface area contributed by atoms with Crippen LogP contribution in [0.2, 0.25) is 10.0 Å². The molecule has 0 aliphatic heterocycles. The molecule has 0 fully saturated rings. The Morgan fingerprint density at radius 3 is 2.50 bits per heavy atom. The Hall–Kier alpha value is -0.280. The smallest absolute Gasteiger partial charge is 0.0664 e. The van der Waals surface area contributed by atoms with Crippen molar-refractivity contribution in [2.45, 2.75) is 32.4 Å². The maximum Gasteiger partial charge on any atom is 0.0664 e. The average molecular weight is 262 g/mol. The molecule has 0 aliphatic rings. The molecule has 1 rings (SSSR count). The Morgan fingerprint density at radius 2 is 1.94 bits per heavy atom. The third-order valence-corrected chi connectivity index (χ3v) is 3.07. The fraction of sp³-hybridized carbons (Fsp3) is 0.500. The number of nitrogens with one attached hydrogen (secondary N) is 1. The highest BCUT2D eigenvalue weighted by Crippen LogP contribution is 2.23. The molecule has 0 saturated carbocycles. The first-order valence-corrected chi connectivity index (χ1v) is 6.22. The van der Waals surface area contributed by atoms with Crippen molar-refractivity contribution >= 4 is 23.2 Å². The van der Waals surface area contributed by atoms with Gasteiger partial charge in [-0.1, -0.05) is 42.6 Å². The molecule has 1 unspecified atom stereocenters. The lowest BCUT2D eigenvalue weighted by Crippen LogP contribution is -2.26. The lowest BCUT2D eigenvalue weighted by atomic mass is 10.2. The van der Waals surface area contributed by atoms with Crippen molar-refractivity contribution in [2.75, 3.05) is 6.54 Å². The van der Waals surface area contributed by atoms with Crippen LogP contribution in [0.3, 0.4) is 0 Å². The largest absolute Gasteiger partial charge is 0.392 e. The van der Waals surface area contributed by atoms with Crippen molar-refractivity contribution in [3.05, 3.63) is 33.8 Å². The second-order valence-corrected chi connectivity index (χ2v) is 4.59. The maximum absolute atomic E-state index is 9.54. The zero-order valence-corrected chi connectivity index (χ0v) is 10.9. The van der Waals surface area contributed by atoms with Crippen molar-refractivity contribution in [1.29, 1.82) is 0 Å². The molecule has 0 radical (unpaired) electrons. The van der Waals surface area contributed by atoms with Gasteiger partial charge in [0.2, 0.25) is 0 Å². The highest BCUT2D eigenvalue weighted by Gasteiger charge is 2.06. The summed E-state index contributed by atoms with van der Waals surface area (Å²) in [5.74, 6) is 0.